The minimum atomic E-state index is -3.16. The van der Waals surface area contributed by atoms with Crippen molar-refractivity contribution in [3.63, 3.8) is 0 Å². The number of fused-ring (bicyclic) bond motifs is 1. The molecule has 1 N–H and O–H groups in total. The van der Waals surface area contributed by atoms with Crippen molar-refractivity contribution in [2.45, 2.75) is 33.4 Å². The van der Waals surface area contributed by atoms with Gasteiger partial charge in [-0.3, -0.25) is 4.98 Å². The molecule has 0 saturated carbocycles. The number of aryl methyl sites for hydroxylation is 1. The Hall–Kier alpha value is -2.06. The van der Waals surface area contributed by atoms with Crippen LogP contribution >= 0.6 is 0 Å². The lowest BCUT2D eigenvalue weighted by atomic mass is 9.98. The van der Waals surface area contributed by atoms with E-state index in [0.29, 0.717) is 31.9 Å². The van der Waals surface area contributed by atoms with Crippen LogP contribution in [0.4, 0.5) is 5.82 Å². The number of aromatic nitrogens is 3. The van der Waals surface area contributed by atoms with Gasteiger partial charge in [-0.2, -0.15) is 4.31 Å². The Morgan fingerprint density at radius 1 is 1.33 bits per heavy atom. The summed E-state index contributed by atoms with van der Waals surface area (Å²) >= 11 is 0. The number of hydrogen-bond acceptors (Lipinski definition) is 6. The van der Waals surface area contributed by atoms with E-state index in [4.69, 9.17) is 0 Å². The monoisotopic (exact) mass is 347 g/mol. The van der Waals surface area contributed by atoms with Crippen molar-refractivity contribution >= 4 is 15.8 Å². The molecule has 0 radical (unpaired) electrons. The van der Waals surface area contributed by atoms with Crippen molar-refractivity contribution in [3.05, 3.63) is 47.2 Å². The molecule has 7 nitrogen and oxygen atoms in total. The summed E-state index contributed by atoms with van der Waals surface area (Å²) in [7, 11) is -3.16. The Balaban J connectivity index is 1.77. The van der Waals surface area contributed by atoms with Crippen LogP contribution in [-0.4, -0.2) is 40.0 Å². The van der Waals surface area contributed by atoms with Crippen molar-refractivity contribution in [2.24, 2.45) is 0 Å². The summed E-state index contributed by atoms with van der Waals surface area (Å²) in [6.07, 6.45) is 6.03. The number of anilines is 1. The van der Waals surface area contributed by atoms with Gasteiger partial charge in [-0.05, 0) is 43.0 Å². The van der Waals surface area contributed by atoms with E-state index in [-0.39, 0.29) is 5.75 Å². The van der Waals surface area contributed by atoms with Gasteiger partial charge in [-0.15, -0.1) is 0 Å². The zero-order valence-corrected chi connectivity index (χ0v) is 14.7. The molecule has 0 saturated heterocycles. The largest absolute Gasteiger partial charge is 0.366 e. The van der Waals surface area contributed by atoms with Gasteiger partial charge in [0.05, 0.1) is 5.75 Å². The van der Waals surface area contributed by atoms with Crippen molar-refractivity contribution in [3.8, 4) is 0 Å². The van der Waals surface area contributed by atoms with E-state index in [0.717, 1.165) is 16.9 Å². The minimum Gasteiger partial charge on any atom is -0.366 e. The number of nitrogens with one attached hydrogen (secondary N) is 1. The van der Waals surface area contributed by atoms with E-state index in [2.05, 4.69) is 20.3 Å². The zero-order chi connectivity index (χ0) is 17.2. The molecule has 1 aliphatic heterocycles. The van der Waals surface area contributed by atoms with Crippen LogP contribution in [0.25, 0.3) is 0 Å². The van der Waals surface area contributed by atoms with E-state index < -0.39 is 10.0 Å². The van der Waals surface area contributed by atoms with Crippen LogP contribution in [0, 0.1) is 6.92 Å². The summed E-state index contributed by atoms with van der Waals surface area (Å²) in [5.74, 6) is 1.61. The minimum absolute atomic E-state index is 0.129. The lowest BCUT2D eigenvalue weighted by Gasteiger charge is -2.28. The third-order valence-corrected chi connectivity index (χ3v) is 6.02. The number of hydrogen-bond donors (Lipinski definition) is 1. The van der Waals surface area contributed by atoms with Gasteiger partial charge >= 0.3 is 0 Å². The summed E-state index contributed by atoms with van der Waals surface area (Å²) in [5.41, 5.74) is 3.25. The average Bonchev–Trinajstić information content (AvgIpc) is 2.59. The Morgan fingerprint density at radius 3 is 2.92 bits per heavy atom. The predicted octanol–water partition coefficient (Wildman–Crippen LogP) is 1.50. The lowest BCUT2D eigenvalue weighted by Crippen LogP contribution is -2.37. The van der Waals surface area contributed by atoms with Crippen LogP contribution in [-0.2, 0) is 29.5 Å². The summed E-state index contributed by atoms with van der Waals surface area (Å²) in [5, 5.41) is 3.28. The first-order valence-corrected chi connectivity index (χ1v) is 9.56. The van der Waals surface area contributed by atoms with Gasteiger partial charge in [0.1, 0.15) is 11.6 Å². The standard InChI is InChI=1S/C16H21N5O2S/c1-3-24(22,23)21-7-5-15-13(8-17-9-14(15)11-21)10-19-16-4-6-18-12(2)20-16/h4,6,8-9H,3,5,7,10-11H2,1-2H3,(H,18,19,20). The summed E-state index contributed by atoms with van der Waals surface area (Å²) in [4.78, 5) is 12.7. The number of rotatable bonds is 5. The molecule has 8 heteroatoms. The van der Waals surface area contributed by atoms with Gasteiger partial charge in [-0.1, -0.05) is 0 Å². The van der Waals surface area contributed by atoms with Crippen LogP contribution in [0.5, 0.6) is 0 Å². The second-order valence-corrected chi connectivity index (χ2v) is 8.02. The molecule has 3 heterocycles. The van der Waals surface area contributed by atoms with Crippen LogP contribution in [0.15, 0.2) is 24.7 Å². The quantitative estimate of drug-likeness (QED) is 0.882. The van der Waals surface area contributed by atoms with E-state index in [1.165, 1.54) is 5.56 Å². The lowest BCUT2D eigenvalue weighted by molar-refractivity contribution is 0.390. The number of nitrogens with zero attached hydrogens (tertiary/aromatic N) is 4. The van der Waals surface area contributed by atoms with Crippen molar-refractivity contribution in [2.75, 3.05) is 17.6 Å². The third-order valence-electron chi connectivity index (χ3n) is 4.19. The molecular formula is C16H21N5O2S. The summed E-state index contributed by atoms with van der Waals surface area (Å²) < 4.78 is 25.7. The molecule has 0 spiro atoms. The Bertz CT molecular complexity index is 838. The highest BCUT2D eigenvalue weighted by atomic mass is 32.2. The Kier molecular flexibility index (Phi) is 4.77. The van der Waals surface area contributed by atoms with E-state index in [1.807, 2.05) is 19.2 Å². The fourth-order valence-corrected chi connectivity index (χ4v) is 3.93. The van der Waals surface area contributed by atoms with Crippen molar-refractivity contribution < 1.29 is 8.42 Å². The van der Waals surface area contributed by atoms with Gasteiger partial charge in [-0.25, -0.2) is 18.4 Å². The molecule has 0 aliphatic carbocycles. The second-order valence-electron chi connectivity index (χ2n) is 5.76. The highest BCUT2D eigenvalue weighted by Gasteiger charge is 2.26. The van der Waals surface area contributed by atoms with Crippen LogP contribution in [0.3, 0.4) is 0 Å². The van der Waals surface area contributed by atoms with E-state index in [1.54, 1.807) is 23.6 Å². The fraction of sp³-hybridized carbons (Fsp3) is 0.438. The van der Waals surface area contributed by atoms with Crippen LogP contribution < -0.4 is 5.32 Å². The highest BCUT2D eigenvalue weighted by molar-refractivity contribution is 7.89. The smallest absolute Gasteiger partial charge is 0.214 e. The maximum absolute atomic E-state index is 12.1. The topological polar surface area (TPSA) is 88.1 Å². The van der Waals surface area contributed by atoms with E-state index >= 15 is 0 Å². The van der Waals surface area contributed by atoms with E-state index in [9.17, 15) is 8.42 Å². The summed E-state index contributed by atoms with van der Waals surface area (Å²) in [6, 6.07) is 1.82. The molecule has 0 aromatic carbocycles. The molecule has 3 rings (SSSR count). The molecule has 128 valence electrons. The zero-order valence-electron chi connectivity index (χ0n) is 13.9. The van der Waals surface area contributed by atoms with Crippen molar-refractivity contribution in [1.29, 1.82) is 0 Å². The molecule has 0 bridgehead atoms. The first-order valence-electron chi connectivity index (χ1n) is 7.95. The molecule has 0 amide bonds. The van der Waals surface area contributed by atoms with Gasteiger partial charge in [0.25, 0.3) is 0 Å². The molecule has 2 aromatic heterocycles. The molecule has 1 aliphatic rings. The molecule has 2 aromatic rings. The first-order chi connectivity index (χ1) is 11.5. The normalized spacial score (nSPS) is 15.1. The van der Waals surface area contributed by atoms with Crippen LogP contribution in [0.1, 0.15) is 29.4 Å². The fourth-order valence-electron chi connectivity index (χ4n) is 2.85. The van der Waals surface area contributed by atoms with Gasteiger partial charge in [0.2, 0.25) is 10.0 Å². The summed E-state index contributed by atoms with van der Waals surface area (Å²) in [6.45, 7) is 5.05. The van der Waals surface area contributed by atoms with Gasteiger partial charge in [0, 0.05) is 38.2 Å². The molecule has 0 atom stereocenters. The SMILES string of the molecule is CCS(=O)(=O)N1CCc2c(CNc3ccnc(C)n3)cncc2C1. The van der Waals surface area contributed by atoms with Gasteiger partial charge in [0.15, 0.2) is 0 Å². The maximum Gasteiger partial charge on any atom is 0.214 e. The molecule has 0 fully saturated rings. The van der Waals surface area contributed by atoms with Crippen LogP contribution in [0.2, 0.25) is 0 Å². The second kappa shape index (κ2) is 6.82. The van der Waals surface area contributed by atoms with Crippen molar-refractivity contribution in [1.82, 2.24) is 19.3 Å². The molecular weight excluding hydrogens is 326 g/mol. The molecule has 24 heavy (non-hydrogen) atoms. The Labute approximate surface area is 142 Å². The maximum atomic E-state index is 12.1. The average molecular weight is 347 g/mol. The third kappa shape index (κ3) is 3.54. The predicted molar refractivity (Wildman–Crippen MR) is 91.9 cm³/mol. The van der Waals surface area contributed by atoms with Gasteiger partial charge < -0.3 is 5.32 Å². The first kappa shape index (κ1) is 16.8. The highest BCUT2D eigenvalue weighted by Crippen LogP contribution is 2.24. The Morgan fingerprint density at radius 2 is 2.17 bits per heavy atom. The number of pyridine rings is 1. The number of sulfonamides is 1. The molecule has 0 unspecified atom stereocenters.